The first-order valence-corrected chi connectivity index (χ1v) is 6.85. The number of benzene rings is 1. The van der Waals surface area contributed by atoms with E-state index in [1.54, 1.807) is 18.2 Å². The van der Waals surface area contributed by atoms with Crippen LogP contribution in [0.25, 0.3) is 0 Å². The van der Waals surface area contributed by atoms with Gasteiger partial charge in [0.05, 0.1) is 4.92 Å². The lowest BCUT2D eigenvalue weighted by molar-refractivity contribution is -0.384. The Labute approximate surface area is 119 Å². The fourth-order valence-electron chi connectivity index (χ4n) is 2.46. The summed E-state index contributed by atoms with van der Waals surface area (Å²) in [6.07, 6.45) is 0. The number of piperazine rings is 1. The first-order chi connectivity index (χ1) is 9.47. The molecule has 1 heterocycles. The molecule has 1 saturated heterocycles. The number of hydrogen-bond acceptors (Lipinski definition) is 5. The van der Waals surface area contributed by atoms with Gasteiger partial charge in [-0.1, -0.05) is 6.07 Å². The van der Waals surface area contributed by atoms with E-state index in [-0.39, 0.29) is 10.6 Å². The largest absolute Gasteiger partial charge is 0.383 e. The van der Waals surface area contributed by atoms with E-state index in [9.17, 15) is 10.1 Å². The minimum absolute atomic E-state index is 0.132. The van der Waals surface area contributed by atoms with Crippen molar-refractivity contribution in [1.29, 1.82) is 0 Å². The van der Waals surface area contributed by atoms with Gasteiger partial charge in [-0.3, -0.25) is 15.0 Å². The maximum Gasteiger partial charge on any atom is 0.271 e. The van der Waals surface area contributed by atoms with Crippen LogP contribution in [-0.4, -0.2) is 61.0 Å². The Bertz CT molecular complexity index is 492. The van der Waals surface area contributed by atoms with Crippen molar-refractivity contribution in [3.05, 3.63) is 33.9 Å². The molecule has 1 aliphatic heterocycles. The summed E-state index contributed by atoms with van der Waals surface area (Å²) < 4.78 is 0. The molecule has 2 rings (SSSR count). The van der Waals surface area contributed by atoms with Crippen LogP contribution in [0.15, 0.2) is 18.2 Å². The maximum atomic E-state index is 10.8. The Morgan fingerprint density at radius 1 is 1.40 bits per heavy atom. The number of non-ortho nitro benzene ring substituents is 1. The molecule has 1 aliphatic rings. The zero-order valence-corrected chi connectivity index (χ0v) is 12.3. The monoisotopic (exact) mass is 278 g/mol. The highest BCUT2D eigenvalue weighted by Gasteiger charge is 2.22. The minimum atomic E-state index is -0.356. The number of rotatable bonds is 4. The fraction of sp³-hybridized carbons (Fsp3) is 0.571. The Morgan fingerprint density at radius 2 is 2.15 bits per heavy atom. The van der Waals surface area contributed by atoms with E-state index >= 15 is 0 Å². The van der Waals surface area contributed by atoms with E-state index < -0.39 is 0 Å². The Morgan fingerprint density at radius 3 is 2.85 bits per heavy atom. The molecule has 0 aliphatic carbocycles. The van der Waals surface area contributed by atoms with Gasteiger partial charge in [-0.05, 0) is 26.6 Å². The lowest BCUT2D eigenvalue weighted by atomic mass is 10.1. The highest BCUT2D eigenvalue weighted by atomic mass is 16.6. The molecular weight excluding hydrogens is 256 g/mol. The molecule has 6 heteroatoms. The Hall–Kier alpha value is -1.66. The van der Waals surface area contributed by atoms with Crippen molar-refractivity contribution in [2.24, 2.45) is 0 Å². The van der Waals surface area contributed by atoms with Crippen molar-refractivity contribution >= 4 is 11.4 Å². The molecule has 1 atom stereocenters. The number of nitrogens with zero attached hydrogens (tertiary/aromatic N) is 3. The summed E-state index contributed by atoms with van der Waals surface area (Å²) >= 11 is 0. The van der Waals surface area contributed by atoms with Gasteiger partial charge in [-0.15, -0.1) is 0 Å². The summed E-state index contributed by atoms with van der Waals surface area (Å²) in [4.78, 5) is 15.1. The zero-order valence-electron chi connectivity index (χ0n) is 12.3. The standard InChI is InChI=1S/C14H22N4O2/c1-11-4-5-12(18(19)20)8-14(11)15-9-13-10-16(2)6-7-17(13)3/h4-5,8,13,15H,6-7,9-10H2,1-3H3. The van der Waals surface area contributed by atoms with Gasteiger partial charge in [0, 0.05) is 50.0 Å². The minimum Gasteiger partial charge on any atom is -0.383 e. The second kappa shape index (κ2) is 6.19. The van der Waals surface area contributed by atoms with Gasteiger partial charge in [-0.2, -0.15) is 0 Å². The molecule has 1 aromatic carbocycles. The predicted octanol–water partition coefficient (Wildman–Crippen LogP) is 1.56. The molecule has 0 radical (unpaired) electrons. The van der Waals surface area contributed by atoms with Crippen molar-refractivity contribution in [2.75, 3.05) is 45.6 Å². The van der Waals surface area contributed by atoms with Crippen LogP contribution in [0.4, 0.5) is 11.4 Å². The van der Waals surface area contributed by atoms with E-state index in [4.69, 9.17) is 0 Å². The molecule has 1 unspecified atom stereocenters. The molecule has 110 valence electrons. The number of nitro benzene ring substituents is 1. The van der Waals surface area contributed by atoms with Crippen LogP contribution in [-0.2, 0) is 0 Å². The summed E-state index contributed by atoms with van der Waals surface area (Å²) in [6, 6.07) is 5.37. The molecule has 0 amide bonds. The molecule has 1 fully saturated rings. The fourth-order valence-corrected chi connectivity index (χ4v) is 2.46. The van der Waals surface area contributed by atoms with E-state index in [1.807, 2.05) is 6.92 Å². The van der Waals surface area contributed by atoms with Gasteiger partial charge in [-0.25, -0.2) is 0 Å². The van der Waals surface area contributed by atoms with Gasteiger partial charge in [0.1, 0.15) is 0 Å². The molecular formula is C14H22N4O2. The number of nitrogens with one attached hydrogen (secondary N) is 1. The van der Waals surface area contributed by atoms with Crippen LogP contribution in [0.2, 0.25) is 0 Å². The van der Waals surface area contributed by atoms with Crippen LogP contribution < -0.4 is 5.32 Å². The smallest absolute Gasteiger partial charge is 0.271 e. The number of aryl methyl sites for hydroxylation is 1. The lowest BCUT2D eigenvalue weighted by Gasteiger charge is -2.38. The molecule has 6 nitrogen and oxygen atoms in total. The maximum absolute atomic E-state index is 10.8. The highest BCUT2D eigenvalue weighted by Crippen LogP contribution is 2.22. The van der Waals surface area contributed by atoms with E-state index in [0.29, 0.717) is 6.04 Å². The summed E-state index contributed by atoms with van der Waals surface area (Å²) in [7, 11) is 4.25. The third-order valence-corrected chi connectivity index (χ3v) is 3.94. The number of hydrogen-bond donors (Lipinski definition) is 1. The van der Waals surface area contributed by atoms with Crippen LogP contribution in [0, 0.1) is 17.0 Å². The first kappa shape index (κ1) is 14.7. The third kappa shape index (κ3) is 3.46. The summed E-state index contributed by atoms with van der Waals surface area (Å²) in [6.45, 7) is 5.91. The summed E-state index contributed by atoms with van der Waals surface area (Å²) in [5, 5.41) is 14.2. The average Bonchev–Trinajstić information content (AvgIpc) is 2.41. The number of nitro groups is 1. The molecule has 0 spiro atoms. The van der Waals surface area contributed by atoms with Crippen LogP contribution in [0.5, 0.6) is 0 Å². The van der Waals surface area contributed by atoms with Gasteiger partial charge >= 0.3 is 0 Å². The van der Waals surface area contributed by atoms with Crippen molar-refractivity contribution in [3.8, 4) is 0 Å². The normalized spacial score (nSPS) is 20.9. The predicted molar refractivity (Wildman–Crippen MR) is 80.2 cm³/mol. The molecule has 0 aromatic heterocycles. The molecule has 20 heavy (non-hydrogen) atoms. The van der Waals surface area contributed by atoms with E-state index in [1.165, 1.54) is 0 Å². The van der Waals surface area contributed by atoms with Gasteiger partial charge < -0.3 is 10.2 Å². The second-order valence-electron chi connectivity index (χ2n) is 5.53. The molecule has 1 N–H and O–H groups in total. The quantitative estimate of drug-likeness (QED) is 0.669. The molecule has 0 bridgehead atoms. The summed E-state index contributed by atoms with van der Waals surface area (Å²) in [5.41, 5.74) is 2.01. The Kier molecular flexibility index (Phi) is 4.57. The SMILES string of the molecule is Cc1ccc([N+](=O)[O-])cc1NCC1CN(C)CCN1C. The number of anilines is 1. The zero-order chi connectivity index (χ0) is 14.7. The van der Waals surface area contributed by atoms with Crippen molar-refractivity contribution < 1.29 is 4.92 Å². The van der Waals surface area contributed by atoms with Gasteiger partial charge in [0.15, 0.2) is 0 Å². The van der Waals surface area contributed by atoms with Crippen LogP contribution >= 0.6 is 0 Å². The van der Waals surface area contributed by atoms with Gasteiger partial charge in [0.2, 0.25) is 0 Å². The van der Waals surface area contributed by atoms with Crippen molar-refractivity contribution in [3.63, 3.8) is 0 Å². The first-order valence-electron chi connectivity index (χ1n) is 6.85. The summed E-state index contributed by atoms with van der Waals surface area (Å²) in [5.74, 6) is 0. The van der Waals surface area contributed by atoms with E-state index in [2.05, 4.69) is 29.2 Å². The van der Waals surface area contributed by atoms with E-state index in [0.717, 1.165) is 37.4 Å². The molecule has 0 saturated carbocycles. The Balaban J connectivity index is 2.02. The van der Waals surface area contributed by atoms with Crippen molar-refractivity contribution in [1.82, 2.24) is 9.80 Å². The van der Waals surface area contributed by atoms with Crippen LogP contribution in [0.1, 0.15) is 5.56 Å². The molecule has 1 aromatic rings. The average molecular weight is 278 g/mol. The van der Waals surface area contributed by atoms with Crippen molar-refractivity contribution in [2.45, 2.75) is 13.0 Å². The van der Waals surface area contributed by atoms with Crippen LogP contribution in [0.3, 0.4) is 0 Å². The lowest BCUT2D eigenvalue weighted by Crippen LogP contribution is -2.52. The highest BCUT2D eigenvalue weighted by molar-refractivity contribution is 5.56. The number of likely N-dealkylation sites (N-methyl/N-ethyl adjacent to an activating group) is 2. The second-order valence-corrected chi connectivity index (χ2v) is 5.53. The van der Waals surface area contributed by atoms with Gasteiger partial charge in [0.25, 0.3) is 5.69 Å². The topological polar surface area (TPSA) is 61.7 Å². The third-order valence-electron chi connectivity index (χ3n) is 3.94.